The van der Waals surface area contributed by atoms with Crippen molar-refractivity contribution in [1.82, 2.24) is 9.47 Å². The topological polar surface area (TPSA) is 32.9 Å². The van der Waals surface area contributed by atoms with Crippen LogP contribution in [0.3, 0.4) is 0 Å². The normalized spacial score (nSPS) is 20.3. The fourth-order valence-electron chi connectivity index (χ4n) is 1.76. The molecule has 0 aromatic carbocycles. The molecule has 15 heavy (non-hydrogen) atoms. The van der Waals surface area contributed by atoms with E-state index >= 15 is 0 Å². The van der Waals surface area contributed by atoms with Gasteiger partial charge >= 0.3 is 0 Å². The minimum atomic E-state index is 0.0797. The number of nitrogens with zero attached hydrogens (tertiary/aromatic N) is 4. The third kappa shape index (κ3) is 1.92. The van der Waals surface area contributed by atoms with Crippen LogP contribution in [0.4, 0.5) is 0 Å². The molecule has 0 amide bonds. The van der Waals surface area contributed by atoms with Crippen LogP contribution in [0.15, 0.2) is 28.6 Å². The van der Waals surface area contributed by atoms with Gasteiger partial charge in [0.1, 0.15) is 6.17 Å². The monoisotopic (exact) mass is 222 g/mol. The number of hydrogen-bond donors (Lipinski definition) is 0. The lowest BCUT2D eigenvalue weighted by molar-refractivity contribution is 0.349. The molecule has 0 saturated heterocycles. The van der Waals surface area contributed by atoms with E-state index in [-0.39, 0.29) is 6.17 Å². The molecule has 0 fully saturated rings. The number of thiocarbonyl (C=S) groups is 1. The van der Waals surface area contributed by atoms with Gasteiger partial charge in [0.25, 0.3) is 0 Å². The van der Waals surface area contributed by atoms with Crippen LogP contribution in [0.25, 0.3) is 0 Å². The Hall–Kier alpha value is -1.23. The summed E-state index contributed by atoms with van der Waals surface area (Å²) < 4.78 is 2.10. The lowest BCUT2D eigenvalue weighted by Crippen LogP contribution is -2.34. The van der Waals surface area contributed by atoms with Crippen molar-refractivity contribution in [2.75, 3.05) is 6.54 Å². The first kappa shape index (κ1) is 10.3. The minimum absolute atomic E-state index is 0.0797. The van der Waals surface area contributed by atoms with Crippen molar-refractivity contribution in [2.45, 2.75) is 19.5 Å². The molecule has 1 atom stereocenters. The van der Waals surface area contributed by atoms with Crippen molar-refractivity contribution in [3.8, 4) is 0 Å². The van der Waals surface area contributed by atoms with Gasteiger partial charge in [0.2, 0.25) is 5.11 Å². The maximum Gasteiger partial charge on any atom is 0.217 e. The predicted octanol–water partition coefficient (Wildman–Crippen LogP) is 1.97. The summed E-state index contributed by atoms with van der Waals surface area (Å²) in [5.74, 6) is 0. The minimum Gasteiger partial charge on any atom is -0.354 e. The first-order valence-corrected chi connectivity index (χ1v) is 5.45. The zero-order chi connectivity index (χ0) is 10.8. The second-order valence-electron chi connectivity index (χ2n) is 3.58. The first-order valence-electron chi connectivity index (χ1n) is 5.04. The maximum atomic E-state index is 5.10. The lowest BCUT2D eigenvalue weighted by atomic mass is 10.2. The number of hydrogen-bond acceptors (Lipinski definition) is 2. The Morgan fingerprint density at radius 2 is 2.33 bits per heavy atom. The Morgan fingerprint density at radius 3 is 2.93 bits per heavy atom. The predicted molar refractivity (Wildman–Crippen MR) is 62.7 cm³/mol. The van der Waals surface area contributed by atoms with Gasteiger partial charge in [0, 0.05) is 31.9 Å². The summed E-state index contributed by atoms with van der Waals surface area (Å²) in [5, 5.41) is 8.74. The van der Waals surface area contributed by atoms with Crippen LogP contribution in [-0.2, 0) is 13.5 Å². The van der Waals surface area contributed by atoms with Crippen LogP contribution in [0, 0.1) is 0 Å². The van der Waals surface area contributed by atoms with Gasteiger partial charge in [-0.1, -0.05) is 0 Å². The van der Waals surface area contributed by atoms with Crippen molar-refractivity contribution < 1.29 is 0 Å². The largest absolute Gasteiger partial charge is 0.354 e. The van der Waals surface area contributed by atoms with Gasteiger partial charge < -0.3 is 9.47 Å². The van der Waals surface area contributed by atoms with Crippen molar-refractivity contribution in [3.05, 3.63) is 24.0 Å². The van der Waals surface area contributed by atoms with E-state index in [1.807, 2.05) is 24.2 Å². The smallest absolute Gasteiger partial charge is 0.217 e. The zero-order valence-electron chi connectivity index (χ0n) is 8.92. The Balaban J connectivity index is 2.10. The van der Waals surface area contributed by atoms with Gasteiger partial charge in [-0.2, -0.15) is 5.11 Å². The van der Waals surface area contributed by atoms with Gasteiger partial charge in [0.05, 0.1) is 0 Å². The molecule has 0 bridgehead atoms. The summed E-state index contributed by atoms with van der Waals surface area (Å²) in [6.07, 6.45) is 2.98. The number of aromatic nitrogens is 1. The lowest BCUT2D eigenvalue weighted by Gasteiger charge is -2.21. The molecule has 4 nitrogen and oxygen atoms in total. The van der Waals surface area contributed by atoms with Crippen molar-refractivity contribution in [3.63, 3.8) is 0 Å². The molecule has 1 aromatic heterocycles. The highest BCUT2D eigenvalue weighted by Gasteiger charge is 2.25. The van der Waals surface area contributed by atoms with E-state index in [1.54, 1.807) is 0 Å². The Labute approximate surface area is 94.6 Å². The Morgan fingerprint density at radius 1 is 1.53 bits per heavy atom. The molecule has 0 spiro atoms. The summed E-state index contributed by atoms with van der Waals surface area (Å²) in [4.78, 5) is 2.04. The van der Waals surface area contributed by atoms with Gasteiger partial charge in [-0.05, 0) is 31.3 Å². The molecule has 1 aliphatic heterocycles. The van der Waals surface area contributed by atoms with Crippen LogP contribution < -0.4 is 0 Å². The van der Waals surface area contributed by atoms with E-state index in [9.17, 15) is 0 Å². The number of likely N-dealkylation sites (N-methyl/N-ethyl adjacent to an activating group) is 1. The van der Waals surface area contributed by atoms with Gasteiger partial charge in [-0.15, -0.1) is 5.11 Å². The summed E-state index contributed by atoms with van der Waals surface area (Å²) in [7, 11) is 2.04. The van der Waals surface area contributed by atoms with E-state index in [2.05, 4.69) is 27.8 Å². The molecular formula is C10H14N4S. The quantitative estimate of drug-likeness (QED) is 0.732. The van der Waals surface area contributed by atoms with E-state index in [0.717, 1.165) is 13.0 Å². The zero-order valence-corrected chi connectivity index (χ0v) is 9.74. The summed E-state index contributed by atoms with van der Waals surface area (Å²) in [6, 6.07) is 4.14. The van der Waals surface area contributed by atoms with E-state index < -0.39 is 0 Å². The van der Waals surface area contributed by atoms with E-state index in [4.69, 9.17) is 12.2 Å². The second-order valence-corrected chi connectivity index (χ2v) is 3.94. The third-order valence-electron chi connectivity index (χ3n) is 2.67. The number of azo groups is 1. The molecule has 80 valence electrons. The number of rotatable bonds is 3. The highest BCUT2D eigenvalue weighted by Crippen LogP contribution is 2.17. The highest BCUT2D eigenvalue weighted by molar-refractivity contribution is 7.80. The van der Waals surface area contributed by atoms with Crippen LogP contribution >= 0.6 is 12.2 Å². The van der Waals surface area contributed by atoms with E-state index in [0.29, 0.717) is 5.11 Å². The second kappa shape index (κ2) is 4.10. The number of aryl methyl sites for hydroxylation is 1. The molecule has 1 unspecified atom stereocenters. The molecule has 0 aliphatic carbocycles. The first-order chi connectivity index (χ1) is 7.22. The fraction of sp³-hybridized carbons (Fsp3) is 0.500. The molecule has 1 aliphatic rings. The molecule has 2 rings (SSSR count). The van der Waals surface area contributed by atoms with Crippen molar-refractivity contribution in [2.24, 2.45) is 17.3 Å². The highest BCUT2D eigenvalue weighted by atomic mass is 32.1. The van der Waals surface area contributed by atoms with Crippen LogP contribution in [0.1, 0.15) is 12.6 Å². The molecular weight excluding hydrogens is 208 g/mol. The van der Waals surface area contributed by atoms with Gasteiger partial charge in [-0.25, -0.2) is 0 Å². The van der Waals surface area contributed by atoms with Crippen LogP contribution in [0.2, 0.25) is 0 Å². The van der Waals surface area contributed by atoms with E-state index in [1.165, 1.54) is 5.69 Å². The average molecular weight is 222 g/mol. The molecule has 1 aromatic rings. The average Bonchev–Trinajstić information content (AvgIpc) is 2.76. The molecule has 0 radical (unpaired) electrons. The SMILES string of the molecule is CCN1C(=S)N=NC1Cc1cccn1C. The third-order valence-corrected chi connectivity index (χ3v) is 2.98. The van der Waals surface area contributed by atoms with Crippen LogP contribution in [0.5, 0.6) is 0 Å². The molecule has 0 saturated carbocycles. The van der Waals surface area contributed by atoms with Gasteiger partial charge in [-0.3, -0.25) is 0 Å². The Kier molecular flexibility index (Phi) is 2.81. The fourth-order valence-corrected chi connectivity index (χ4v) is 2.05. The van der Waals surface area contributed by atoms with Crippen molar-refractivity contribution >= 4 is 17.3 Å². The standard InChI is InChI=1S/C10H14N4S/c1-3-14-9(11-12-10(14)15)7-8-5-4-6-13(8)2/h4-6,9H,3,7H2,1-2H3. The molecule has 5 heteroatoms. The molecule has 0 N–H and O–H groups in total. The molecule has 2 heterocycles. The maximum absolute atomic E-state index is 5.10. The summed E-state index contributed by atoms with van der Waals surface area (Å²) in [5.41, 5.74) is 1.25. The summed E-state index contributed by atoms with van der Waals surface area (Å²) in [6.45, 7) is 2.93. The van der Waals surface area contributed by atoms with Crippen LogP contribution in [-0.4, -0.2) is 27.3 Å². The van der Waals surface area contributed by atoms with Gasteiger partial charge in [0.15, 0.2) is 0 Å². The Bertz CT molecular complexity index is 396. The van der Waals surface area contributed by atoms with Crippen molar-refractivity contribution in [1.29, 1.82) is 0 Å². The summed E-state index contributed by atoms with van der Waals surface area (Å²) >= 11 is 5.10.